The van der Waals surface area contributed by atoms with E-state index in [1.54, 1.807) is 6.92 Å². The number of hydrogen-bond donors (Lipinski definition) is 1. The van der Waals surface area contributed by atoms with Gasteiger partial charge in [-0.2, -0.15) is 0 Å². The molecule has 0 aliphatic heterocycles. The number of carbonyl (C=O) groups excluding carboxylic acids is 2. The van der Waals surface area contributed by atoms with Gasteiger partial charge in [-0.1, -0.05) is 13.8 Å². The van der Waals surface area contributed by atoms with Crippen LogP contribution in [-0.2, 0) is 9.53 Å². The number of rotatable bonds is 6. The summed E-state index contributed by atoms with van der Waals surface area (Å²) in [5, 5.41) is 3.45. The summed E-state index contributed by atoms with van der Waals surface area (Å²) >= 11 is 1.42. The van der Waals surface area contributed by atoms with E-state index in [4.69, 9.17) is 4.74 Å². The molecule has 112 valence electrons. The van der Waals surface area contributed by atoms with Crippen LogP contribution in [0.2, 0.25) is 0 Å². The summed E-state index contributed by atoms with van der Waals surface area (Å²) < 4.78 is 5.06. The molecule has 0 aliphatic rings. The average molecular weight is 297 g/mol. The molecule has 1 amide bonds. The van der Waals surface area contributed by atoms with Gasteiger partial charge in [-0.3, -0.25) is 4.79 Å². The summed E-state index contributed by atoms with van der Waals surface area (Å²) in [4.78, 5) is 24.9. The Balaban J connectivity index is 2.87. The smallest absolute Gasteiger partial charge is 0.341 e. The Kier molecular flexibility index (Phi) is 6.20. The third-order valence-electron chi connectivity index (χ3n) is 3.07. The molecule has 1 heterocycles. The number of carbonyl (C=O) groups is 2. The maximum absolute atomic E-state index is 12.0. The SMILES string of the molecule is CCOC(=O)c1c(NC(=O)CCC(C)C)sc(C)c1C. The van der Waals surface area contributed by atoms with E-state index in [1.807, 2.05) is 13.8 Å². The minimum absolute atomic E-state index is 0.0505. The summed E-state index contributed by atoms with van der Waals surface area (Å²) in [6.07, 6.45) is 1.31. The highest BCUT2D eigenvalue weighted by atomic mass is 32.1. The Hall–Kier alpha value is -1.36. The number of anilines is 1. The zero-order chi connectivity index (χ0) is 15.3. The summed E-state index contributed by atoms with van der Waals surface area (Å²) in [7, 11) is 0. The van der Waals surface area contributed by atoms with Crippen LogP contribution in [0.25, 0.3) is 0 Å². The van der Waals surface area contributed by atoms with Crippen molar-refractivity contribution < 1.29 is 14.3 Å². The van der Waals surface area contributed by atoms with Crippen molar-refractivity contribution >= 4 is 28.2 Å². The summed E-state index contributed by atoms with van der Waals surface area (Å²) in [6.45, 7) is 10.1. The van der Waals surface area contributed by atoms with Gasteiger partial charge in [-0.15, -0.1) is 11.3 Å². The van der Waals surface area contributed by atoms with Gasteiger partial charge in [0.05, 0.1) is 12.2 Å². The predicted molar refractivity (Wildman–Crippen MR) is 82.5 cm³/mol. The number of hydrogen-bond acceptors (Lipinski definition) is 4. The highest BCUT2D eigenvalue weighted by Crippen LogP contribution is 2.33. The summed E-state index contributed by atoms with van der Waals surface area (Å²) in [5.74, 6) is 0.0658. The van der Waals surface area contributed by atoms with Crippen molar-refractivity contribution in [1.82, 2.24) is 0 Å². The molecule has 1 rings (SSSR count). The van der Waals surface area contributed by atoms with Crippen LogP contribution in [0.1, 0.15) is 54.4 Å². The van der Waals surface area contributed by atoms with Crippen molar-refractivity contribution in [3.05, 3.63) is 16.0 Å². The van der Waals surface area contributed by atoms with Gasteiger partial charge in [0.1, 0.15) is 5.00 Å². The fraction of sp³-hybridized carbons (Fsp3) is 0.600. The van der Waals surface area contributed by atoms with Crippen molar-refractivity contribution in [2.45, 2.75) is 47.5 Å². The Morgan fingerprint density at radius 3 is 2.50 bits per heavy atom. The van der Waals surface area contributed by atoms with Gasteiger partial charge in [0.15, 0.2) is 0 Å². The van der Waals surface area contributed by atoms with E-state index in [0.717, 1.165) is 16.9 Å². The second kappa shape index (κ2) is 7.43. The van der Waals surface area contributed by atoms with Crippen LogP contribution in [0, 0.1) is 19.8 Å². The van der Waals surface area contributed by atoms with Crippen LogP contribution >= 0.6 is 11.3 Å². The fourth-order valence-corrected chi connectivity index (χ4v) is 2.84. The van der Waals surface area contributed by atoms with Crippen LogP contribution < -0.4 is 5.32 Å². The lowest BCUT2D eigenvalue weighted by molar-refractivity contribution is -0.116. The van der Waals surface area contributed by atoms with E-state index in [1.165, 1.54) is 11.3 Å². The summed E-state index contributed by atoms with van der Waals surface area (Å²) in [5.41, 5.74) is 1.37. The maximum Gasteiger partial charge on any atom is 0.341 e. The van der Waals surface area contributed by atoms with Gasteiger partial charge < -0.3 is 10.1 Å². The second-order valence-corrected chi connectivity index (χ2v) is 6.41. The van der Waals surface area contributed by atoms with Crippen molar-refractivity contribution in [2.75, 3.05) is 11.9 Å². The quantitative estimate of drug-likeness (QED) is 0.810. The third-order valence-corrected chi connectivity index (χ3v) is 4.19. The van der Waals surface area contributed by atoms with Crippen LogP contribution in [0.3, 0.4) is 0 Å². The molecule has 0 aliphatic carbocycles. The Morgan fingerprint density at radius 2 is 1.95 bits per heavy atom. The van der Waals surface area contributed by atoms with E-state index in [-0.39, 0.29) is 11.9 Å². The molecule has 1 aromatic rings. The second-order valence-electron chi connectivity index (χ2n) is 5.19. The molecule has 0 bridgehead atoms. The molecule has 0 unspecified atom stereocenters. The van der Waals surface area contributed by atoms with E-state index in [0.29, 0.717) is 29.5 Å². The molecule has 20 heavy (non-hydrogen) atoms. The zero-order valence-electron chi connectivity index (χ0n) is 12.8. The lowest BCUT2D eigenvalue weighted by atomic mass is 10.1. The molecule has 0 aromatic carbocycles. The lowest BCUT2D eigenvalue weighted by Gasteiger charge is -2.08. The minimum Gasteiger partial charge on any atom is -0.462 e. The standard InChI is InChI=1S/C15H23NO3S/c1-6-19-15(18)13-10(4)11(5)20-14(13)16-12(17)8-7-9(2)3/h9H,6-8H2,1-5H3,(H,16,17). The molecule has 0 radical (unpaired) electrons. The van der Waals surface area contributed by atoms with Crippen LogP contribution in [-0.4, -0.2) is 18.5 Å². The van der Waals surface area contributed by atoms with Gasteiger partial charge in [-0.05, 0) is 38.7 Å². The van der Waals surface area contributed by atoms with Gasteiger partial charge in [-0.25, -0.2) is 4.79 Å². The Labute approximate surface area is 124 Å². The molecule has 0 fully saturated rings. The van der Waals surface area contributed by atoms with Gasteiger partial charge in [0.25, 0.3) is 0 Å². The Bertz CT molecular complexity index is 492. The molecule has 5 heteroatoms. The number of amides is 1. The van der Waals surface area contributed by atoms with E-state index < -0.39 is 0 Å². The number of nitrogens with one attached hydrogen (secondary N) is 1. The number of esters is 1. The fourth-order valence-electron chi connectivity index (χ4n) is 1.77. The van der Waals surface area contributed by atoms with Crippen LogP contribution in [0.15, 0.2) is 0 Å². The van der Waals surface area contributed by atoms with Crippen molar-refractivity contribution in [3.63, 3.8) is 0 Å². The van der Waals surface area contributed by atoms with Crippen molar-refractivity contribution in [3.8, 4) is 0 Å². The Morgan fingerprint density at radius 1 is 1.30 bits per heavy atom. The third kappa shape index (κ3) is 4.34. The molecule has 0 saturated carbocycles. The van der Waals surface area contributed by atoms with Gasteiger partial charge >= 0.3 is 5.97 Å². The zero-order valence-corrected chi connectivity index (χ0v) is 13.6. The average Bonchev–Trinajstić information content (AvgIpc) is 2.62. The lowest BCUT2D eigenvalue weighted by Crippen LogP contribution is -2.15. The molecule has 1 N–H and O–H groups in total. The van der Waals surface area contributed by atoms with E-state index >= 15 is 0 Å². The van der Waals surface area contributed by atoms with Crippen molar-refractivity contribution in [2.24, 2.45) is 5.92 Å². The monoisotopic (exact) mass is 297 g/mol. The predicted octanol–water partition coefficient (Wildman–Crippen LogP) is 3.92. The molecule has 0 spiro atoms. The maximum atomic E-state index is 12.0. The number of thiophene rings is 1. The van der Waals surface area contributed by atoms with Crippen LogP contribution in [0.5, 0.6) is 0 Å². The first kappa shape index (κ1) is 16.7. The van der Waals surface area contributed by atoms with Crippen molar-refractivity contribution in [1.29, 1.82) is 0 Å². The number of ether oxygens (including phenoxy) is 1. The molecular weight excluding hydrogens is 274 g/mol. The minimum atomic E-state index is -0.367. The van der Waals surface area contributed by atoms with Gasteiger partial charge in [0.2, 0.25) is 5.91 Å². The largest absolute Gasteiger partial charge is 0.462 e. The summed E-state index contributed by atoms with van der Waals surface area (Å²) in [6, 6.07) is 0. The van der Waals surface area contributed by atoms with Gasteiger partial charge in [0, 0.05) is 11.3 Å². The first-order chi connectivity index (χ1) is 9.36. The molecule has 4 nitrogen and oxygen atoms in total. The molecule has 0 saturated heterocycles. The normalized spacial score (nSPS) is 10.7. The highest BCUT2D eigenvalue weighted by Gasteiger charge is 2.21. The van der Waals surface area contributed by atoms with E-state index in [2.05, 4.69) is 19.2 Å². The molecular formula is C15H23NO3S. The van der Waals surface area contributed by atoms with Crippen LogP contribution in [0.4, 0.5) is 5.00 Å². The first-order valence-electron chi connectivity index (χ1n) is 6.93. The highest BCUT2D eigenvalue weighted by molar-refractivity contribution is 7.16. The van der Waals surface area contributed by atoms with E-state index in [9.17, 15) is 9.59 Å². The molecule has 1 aromatic heterocycles. The topological polar surface area (TPSA) is 55.4 Å². The molecule has 0 atom stereocenters. The first-order valence-corrected chi connectivity index (χ1v) is 7.75. The number of aryl methyl sites for hydroxylation is 1.